The lowest BCUT2D eigenvalue weighted by Gasteiger charge is -2.12. The minimum atomic E-state index is -3.48. The SMILES string of the molecule is CCNC(=NCc1cccc(F)c1)NCc1cccc(S(=O)(=O)NC)c1.I. The molecule has 148 valence electrons. The van der Waals surface area contributed by atoms with Crippen molar-refractivity contribution in [2.75, 3.05) is 13.6 Å². The molecule has 0 saturated heterocycles. The maximum atomic E-state index is 13.2. The average molecular weight is 506 g/mol. The first-order valence-corrected chi connectivity index (χ1v) is 9.72. The number of guanidine groups is 1. The zero-order valence-corrected chi connectivity index (χ0v) is 18.3. The molecule has 27 heavy (non-hydrogen) atoms. The minimum absolute atomic E-state index is 0. The van der Waals surface area contributed by atoms with Crippen LogP contribution in [-0.4, -0.2) is 28.0 Å². The monoisotopic (exact) mass is 506 g/mol. The third-order valence-corrected chi connectivity index (χ3v) is 5.00. The summed E-state index contributed by atoms with van der Waals surface area (Å²) < 4.78 is 39.3. The summed E-state index contributed by atoms with van der Waals surface area (Å²) in [5.74, 6) is 0.275. The van der Waals surface area contributed by atoms with Crippen molar-refractivity contribution < 1.29 is 12.8 Å². The Morgan fingerprint density at radius 3 is 2.44 bits per heavy atom. The Kier molecular flexibility index (Phi) is 9.67. The van der Waals surface area contributed by atoms with Crippen molar-refractivity contribution in [1.82, 2.24) is 15.4 Å². The number of nitrogens with zero attached hydrogens (tertiary/aromatic N) is 1. The summed E-state index contributed by atoms with van der Waals surface area (Å²) >= 11 is 0. The predicted octanol–water partition coefficient (Wildman–Crippen LogP) is 2.61. The Morgan fingerprint density at radius 1 is 1.07 bits per heavy atom. The molecule has 0 aliphatic heterocycles. The van der Waals surface area contributed by atoms with Crippen molar-refractivity contribution in [3.63, 3.8) is 0 Å². The summed E-state index contributed by atoms with van der Waals surface area (Å²) in [4.78, 5) is 4.63. The zero-order valence-electron chi connectivity index (χ0n) is 15.2. The fraction of sp³-hybridized carbons (Fsp3) is 0.278. The van der Waals surface area contributed by atoms with Crippen LogP contribution in [0.4, 0.5) is 4.39 Å². The second-order valence-corrected chi connectivity index (χ2v) is 7.42. The highest BCUT2D eigenvalue weighted by atomic mass is 127. The number of hydrogen-bond acceptors (Lipinski definition) is 3. The van der Waals surface area contributed by atoms with Gasteiger partial charge in [-0.3, -0.25) is 0 Å². The molecule has 2 aromatic rings. The van der Waals surface area contributed by atoms with Gasteiger partial charge < -0.3 is 10.6 Å². The fourth-order valence-electron chi connectivity index (χ4n) is 2.27. The van der Waals surface area contributed by atoms with Crippen LogP contribution in [0.15, 0.2) is 58.4 Å². The van der Waals surface area contributed by atoms with Gasteiger partial charge in [0, 0.05) is 13.1 Å². The highest BCUT2D eigenvalue weighted by Crippen LogP contribution is 2.11. The van der Waals surface area contributed by atoms with Gasteiger partial charge in [-0.05, 0) is 49.4 Å². The summed E-state index contributed by atoms with van der Waals surface area (Å²) in [6.45, 7) is 3.35. The zero-order chi connectivity index (χ0) is 19.0. The molecule has 3 N–H and O–H groups in total. The largest absolute Gasteiger partial charge is 0.357 e. The smallest absolute Gasteiger partial charge is 0.240 e. The van der Waals surface area contributed by atoms with Gasteiger partial charge in [-0.1, -0.05) is 24.3 Å². The normalized spacial score (nSPS) is 11.6. The van der Waals surface area contributed by atoms with Gasteiger partial charge in [0.25, 0.3) is 0 Å². The number of rotatable bonds is 7. The number of halogens is 2. The van der Waals surface area contributed by atoms with Gasteiger partial charge in [0.2, 0.25) is 10.0 Å². The fourth-order valence-corrected chi connectivity index (χ4v) is 3.07. The average Bonchev–Trinajstić information content (AvgIpc) is 2.64. The van der Waals surface area contributed by atoms with Crippen molar-refractivity contribution in [3.8, 4) is 0 Å². The quantitative estimate of drug-likeness (QED) is 0.307. The van der Waals surface area contributed by atoms with E-state index in [4.69, 9.17) is 0 Å². The van der Waals surface area contributed by atoms with E-state index in [9.17, 15) is 12.8 Å². The van der Waals surface area contributed by atoms with E-state index in [1.807, 2.05) is 19.1 Å². The van der Waals surface area contributed by atoms with Crippen LogP contribution in [0.1, 0.15) is 18.1 Å². The van der Waals surface area contributed by atoms with Gasteiger partial charge in [-0.15, -0.1) is 24.0 Å². The number of sulfonamides is 1. The molecule has 9 heteroatoms. The molecule has 6 nitrogen and oxygen atoms in total. The van der Waals surface area contributed by atoms with Gasteiger partial charge in [0.15, 0.2) is 5.96 Å². The molecule has 0 atom stereocenters. The predicted molar refractivity (Wildman–Crippen MR) is 116 cm³/mol. The van der Waals surface area contributed by atoms with Crippen LogP contribution < -0.4 is 15.4 Å². The summed E-state index contributed by atoms with van der Waals surface area (Å²) in [5.41, 5.74) is 1.57. The van der Waals surface area contributed by atoms with E-state index in [1.165, 1.54) is 19.2 Å². The van der Waals surface area contributed by atoms with E-state index in [0.717, 1.165) is 11.1 Å². The Bertz CT molecular complexity index is 875. The molecule has 0 bridgehead atoms. The lowest BCUT2D eigenvalue weighted by Crippen LogP contribution is -2.36. The molecular formula is C18H24FIN4O2S. The van der Waals surface area contributed by atoms with E-state index in [2.05, 4.69) is 20.3 Å². The highest BCUT2D eigenvalue weighted by molar-refractivity contribution is 14.0. The van der Waals surface area contributed by atoms with Gasteiger partial charge in [0.1, 0.15) is 5.82 Å². The van der Waals surface area contributed by atoms with Gasteiger partial charge in [-0.25, -0.2) is 22.5 Å². The molecule has 0 spiro atoms. The first-order chi connectivity index (χ1) is 12.4. The summed E-state index contributed by atoms with van der Waals surface area (Å²) in [7, 11) is -2.10. The van der Waals surface area contributed by atoms with Gasteiger partial charge in [0.05, 0.1) is 11.4 Å². The third kappa shape index (κ3) is 7.43. The second-order valence-electron chi connectivity index (χ2n) is 5.53. The van der Waals surface area contributed by atoms with Crippen molar-refractivity contribution in [2.24, 2.45) is 4.99 Å². The number of nitrogens with one attached hydrogen (secondary N) is 3. The molecule has 0 unspecified atom stereocenters. The molecule has 0 aliphatic rings. The Balaban J connectivity index is 0.00000364. The Labute approximate surface area is 176 Å². The molecule has 0 aliphatic carbocycles. The van der Waals surface area contributed by atoms with E-state index in [0.29, 0.717) is 25.6 Å². The second kappa shape index (κ2) is 11.2. The topological polar surface area (TPSA) is 82.6 Å². The van der Waals surface area contributed by atoms with Crippen LogP contribution in [0.2, 0.25) is 0 Å². The highest BCUT2D eigenvalue weighted by Gasteiger charge is 2.11. The Hall–Kier alpha value is -1.72. The van der Waals surface area contributed by atoms with Crippen LogP contribution in [0.25, 0.3) is 0 Å². The standard InChI is InChI=1S/C18H23FN4O2S.HI/c1-3-21-18(22-12-14-6-4-8-16(19)10-14)23-13-15-7-5-9-17(11-15)26(24,25)20-2;/h4-11,20H,3,12-13H2,1-2H3,(H2,21,22,23);1H. The van der Waals surface area contributed by atoms with Crippen molar-refractivity contribution in [2.45, 2.75) is 24.9 Å². The van der Waals surface area contributed by atoms with E-state index in [1.54, 1.807) is 24.3 Å². The van der Waals surface area contributed by atoms with Crippen molar-refractivity contribution >= 4 is 40.0 Å². The van der Waals surface area contributed by atoms with Crippen LogP contribution in [-0.2, 0) is 23.1 Å². The maximum Gasteiger partial charge on any atom is 0.240 e. The minimum Gasteiger partial charge on any atom is -0.357 e. The molecular weight excluding hydrogens is 482 g/mol. The lowest BCUT2D eigenvalue weighted by molar-refractivity contribution is 0.588. The molecule has 0 aromatic heterocycles. The first kappa shape index (κ1) is 23.3. The van der Waals surface area contributed by atoms with Crippen LogP contribution >= 0.6 is 24.0 Å². The first-order valence-electron chi connectivity index (χ1n) is 8.23. The number of hydrogen-bond donors (Lipinski definition) is 3. The van der Waals surface area contributed by atoms with Crippen molar-refractivity contribution in [3.05, 3.63) is 65.5 Å². The van der Waals surface area contributed by atoms with Crippen LogP contribution in [0, 0.1) is 5.82 Å². The van der Waals surface area contributed by atoms with Crippen LogP contribution in [0.3, 0.4) is 0 Å². The molecule has 0 amide bonds. The molecule has 0 fully saturated rings. The lowest BCUT2D eigenvalue weighted by atomic mass is 10.2. The van der Waals surface area contributed by atoms with Crippen LogP contribution in [0.5, 0.6) is 0 Å². The number of aliphatic imine (C=N–C) groups is 1. The van der Waals surface area contributed by atoms with Gasteiger partial charge >= 0.3 is 0 Å². The van der Waals surface area contributed by atoms with E-state index >= 15 is 0 Å². The van der Waals surface area contributed by atoms with Crippen molar-refractivity contribution in [1.29, 1.82) is 0 Å². The summed E-state index contributed by atoms with van der Waals surface area (Å²) in [5, 5.41) is 6.26. The third-order valence-electron chi connectivity index (χ3n) is 3.59. The van der Waals surface area contributed by atoms with E-state index < -0.39 is 10.0 Å². The number of benzene rings is 2. The molecule has 0 radical (unpaired) electrons. The molecule has 0 heterocycles. The summed E-state index contributed by atoms with van der Waals surface area (Å²) in [6.07, 6.45) is 0. The van der Waals surface area contributed by atoms with E-state index in [-0.39, 0.29) is 34.7 Å². The molecule has 2 aromatic carbocycles. The Morgan fingerprint density at radius 2 is 1.78 bits per heavy atom. The van der Waals surface area contributed by atoms with Gasteiger partial charge in [-0.2, -0.15) is 0 Å². The maximum absolute atomic E-state index is 13.2. The molecule has 0 saturated carbocycles. The molecule has 2 rings (SSSR count). The summed E-state index contributed by atoms with van der Waals surface area (Å²) in [6, 6.07) is 13.0.